The fourth-order valence-corrected chi connectivity index (χ4v) is 1.25. The van der Waals surface area contributed by atoms with Gasteiger partial charge in [-0.3, -0.25) is 19.4 Å². The molecular weight excluding hydrogens is 206 g/mol. The molecule has 0 atom stereocenters. The maximum Gasteiger partial charge on any atom is 0.266 e. The minimum Gasteiger partial charge on any atom is -0.355 e. The van der Waals surface area contributed by atoms with Crippen LogP contribution in [0.4, 0.5) is 0 Å². The normalized spacial score (nSPS) is 11.5. The van der Waals surface area contributed by atoms with Crippen molar-refractivity contribution in [1.29, 1.82) is 0 Å². The van der Waals surface area contributed by atoms with Gasteiger partial charge in [0.2, 0.25) is 5.91 Å². The number of nitrogens with one attached hydrogen (secondary N) is 2. The van der Waals surface area contributed by atoms with Crippen molar-refractivity contribution >= 4 is 5.91 Å². The highest BCUT2D eigenvalue weighted by Crippen LogP contribution is 2.12. The van der Waals surface area contributed by atoms with Gasteiger partial charge in [-0.25, -0.2) is 0 Å². The van der Waals surface area contributed by atoms with E-state index in [2.05, 4.69) is 10.4 Å². The molecule has 0 bridgehead atoms. The van der Waals surface area contributed by atoms with Crippen LogP contribution in [0.25, 0.3) is 0 Å². The molecular formula is C11H19N3O2. The van der Waals surface area contributed by atoms with Gasteiger partial charge in [-0.1, -0.05) is 20.8 Å². The summed E-state index contributed by atoms with van der Waals surface area (Å²) in [6, 6.07) is 1.54. The second kappa shape index (κ2) is 4.55. The van der Waals surface area contributed by atoms with Gasteiger partial charge >= 0.3 is 0 Å². The van der Waals surface area contributed by atoms with Crippen molar-refractivity contribution in [3.05, 3.63) is 22.1 Å². The molecule has 16 heavy (non-hydrogen) atoms. The lowest BCUT2D eigenvalue weighted by atomic mass is 9.96. The van der Waals surface area contributed by atoms with Gasteiger partial charge < -0.3 is 5.32 Å². The van der Waals surface area contributed by atoms with Crippen molar-refractivity contribution in [3.63, 3.8) is 0 Å². The SMILES string of the molecule is Cn1[nH]c(CCNC(=O)C(C)(C)C)cc1=O. The van der Waals surface area contributed by atoms with Gasteiger partial charge in [0.1, 0.15) is 0 Å². The number of H-pyrrole nitrogens is 1. The zero-order chi connectivity index (χ0) is 12.3. The fourth-order valence-electron chi connectivity index (χ4n) is 1.25. The van der Waals surface area contributed by atoms with Crippen molar-refractivity contribution < 1.29 is 4.79 Å². The van der Waals surface area contributed by atoms with Crippen molar-refractivity contribution in [2.24, 2.45) is 12.5 Å². The van der Waals surface area contributed by atoms with E-state index in [0.29, 0.717) is 13.0 Å². The topological polar surface area (TPSA) is 66.9 Å². The van der Waals surface area contributed by atoms with E-state index in [9.17, 15) is 9.59 Å². The first-order valence-corrected chi connectivity index (χ1v) is 5.34. The first-order chi connectivity index (χ1) is 7.30. The Bertz CT molecular complexity index is 423. The zero-order valence-corrected chi connectivity index (χ0v) is 10.3. The number of aryl methyl sites for hydroxylation is 1. The lowest BCUT2D eigenvalue weighted by molar-refractivity contribution is -0.128. The van der Waals surface area contributed by atoms with Crippen LogP contribution in [0, 0.1) is 5.41 Å². The number of carbonyl (C=O) groups excluding carboxylic acids is 1. The number of amides is 1. The maximum atomic E-state index is 11.5. The van der Waals surface area contributed by atoms with Crippen LogP contribution in [0.3, 0.4) is 0 Å². The summed E-state index contributed by atoms with van der Waals surface area (Å²) in [5.74, 6) is 0.0192. The zero-order valence-electron chi connectivity index (χ0n) is 10.3. The quantitative estimate of drug-likeness (QED) is 0.782. The van der Waals surface area contributed by atoms with E-state index in [1.165, 1.54) is 4.68 Å². The van der Waals surface area contributed by atoms with E-state index in [1.807, 2.05) is 20.8 Å². The molecule has 1 amide bonds. The van der Waals surface area contributed by atoms with Crippen molar-refractivity contribution in [1.82, 2.24) is 15.1 Å². The Morgan fingerprint density at radius 3 is 2.56 bits per heavy atom. The first kappa shape index (κ1) is 12.5. The summed E-state index contributed by atoms with van der Waals surface area (Å²) < 4.78 is 1.42. The highest BCUT2D eigenvalue weighted by molar-refractivity contribution is 5.81. The lowest BCUT2D eigenvalue weighted by Gasteiger charge is -2.17. The number of nitrogens with zero attached hydrogens (tertiary/aromatic N) is 1. The summed E-state index contributed by atoms with van der Waals surface area (Å²) in [7, 11) is 1.67. The number of rotatable bonds is 3. The molecule has 1 aromatic rings. The second-order valence-corrected chi connectivity index (χ2v) is 4.93. The van der Waals surface area contributed by atoms with Crippen LogP contribution in [-0.2, 0) is 18.3 Å². The lowest BCUT2D eigenvalue weighted by Crippen LogP contribution is -2.35. The number of hydrogen-bond donors (Lipinski definition) is 2. The monoisotopic (exact) mass is 225 g/mol. The van der Waals surface area contributed by atoms with Crippen molar-refractivity contribution in [3.8, 4) is 0 Å². The molecule has 0 fully saturated rings. The molecule has 0 aliphatic heterocycles. The van der Waals surface area contributed by atoms with Gasteiger partial charge in [0.05, 0.1) is 0 Å². The molecule has 0 aliphatic carbocycles. The molecule has 0 spiro atoms. The third kappa shape index (κ3) is 3.25. The van der Waals surface area contributed by atoms with Crippen LogP contribution in [0.1, 0.15) is 26.5 Å². The Kier molecular flexibility index (Phi) is 3.57. The highest BCUT2D eigenvalue weighted by atomic mass is 16.2. The molecule has 1 rings (SSSR count). The first-order valence-electron chi connectivity index (χ1n) is 5.34. The minimum absolute atomic E-state index is 0.0192. The smallest absolute Gasteiger partial charge is 0.266 e. The molecule has 0 radical (unpaired) electrons. The van der Waals surface area contributed by atoms with Gasteiger partial charge in [-0.2, -0.15) is 0 Å². The van der Waals surface area contributed by atoms with E-state index in [0.717, 1.165) is 5.69 Å². The summed E-state index contributed by atoms with van der Waals surface area (Å²) in [6.07, 6.45) is 0.637. The summed E-state index contributed by atoms with van der Waals surface area (Å²) in [5.41, 5.74) is 0.406. The van der Waals surface area contributed by atoms with Crippen LogP contribution in [-0.4, -0.2) is 22.2 Å². The summed E-state index contributed by atoms with van der Waals surface area (Å²) in [4.78, 5) is 22.7. The molecule has 0 aromatic carbocycles. The molecule has 0 saturated heterocycles. The Hall–Kier alpha value is -1.52. The van der Waals surface area contributed by atoms with Gasteiger partial charge in [0.25, 0.3) is 5.56 Å². The van der Waals surface area contributed by atoms with Gasteiger partial charge in [0.15, 0.2) is 0 Å². The standard InChI is InChI=1S/C11H19N3O2/c1-11(2,3)10(16)12-6-5-8-7-9(15)14(4)13-8/h7,13H,5-6H2,1-4H3,(H,12,16). The third-order valence-electron chi connectivity index (χ3n) is 2.30. The van der Waals surface area contributed by atoms with E-state index in [4.69, 9.17) is 0 Å². The molecule has 0 saturated carbocycles. The largest absolute Gasteiger partial charge is 0.355 e. The van der Waals surface area contributed by atoms with Crippen molar-refractivity contribution in [2.45, 2.75) is 27.2 Å². The van der Waals surface area contributed by atoms with E-state index < -0.39 is 0 Å². The predicted molar refractivity (Wildman–Crippen MR) is 62.2 cm³/mol. The molecule has 5 nitrogen and oxygen atoms in total. The van der Waals surface area contributed by atoms with Crippen LogP contribution in [0.5, 0.6) is 0 Å². The predicted octanol–water partition coefficient (Wildman–Crippen LogP) is 0.418. The van der Waals surface area contributed by atoms with Gasteiger partial charge in [-0.05, 0) is 0 Å². The summed E-state index contributed by atoms with van der Waals surface area (Å²) >= 11 is 0. The van der Waals surface area contributed by atoms with Crippen LogP contribution in [0.15, 0.2) is 10.9 Å². The van der Waals surface area contributed by atoms with E-state index in [1.54, 1.807) is 13.1 Å². The average Bonchev–Trinajstić information content (AvgIpc) is 2.44. The van der Waals surface area contributed by atoms with E-state index in [-0.39, 0.29) is 16.9 Å². The van der Waals surface area contributed by atoms with Crippen LogP contribution < -0.4 is 10.9 Å². The third-order valence-corrected chi connectivity index (χ3v) is 2.30. The molecule has 1 heterocycles. The maximum absolute atomic E-state index is 11.5. The minimum atomic E-state index is -0.371. The average molecular weight is 225 g/mol. The summed E-state index contributed by atoms with van der Waals surface area (Å²) in [6.45, 7) is 6.14. The molecule has 2 N–H and O–H groups in total. The van der Waals surface area contributed by atoms with Crippen molar-refractivity contribution in [2.75, 3.05) is 6.54 Å². The Labute approximate surface area is 94.8 Å². The van der Waals surface area contributed by atoms with Gasteiger partial charge in [0, 0.05) is 37.2 Å². The highest BCUT2D eigenvalue weighted by Gasteiger charge is 2.20. The number of hydrogen-bond acceptors (Lipinski definition) is 2. The number of carbonyl (C=O) groups is 1. The van der Waals surface area contributed by atoms with Crippen LogP contribution >= 0.6 is 0 Å². The molecule has 0 aliphatic rings. The van der Waals surface area contributed by atoms with Crippen LogP contribution in [0.2, 0.25) is 0 Å². The molecule has 5 heteroatoms. The Morgan fingerprint density at radius 2 is 2.12 bits per heavy atom. The molecule has 90 valence electrons. The summed E-state index contributed by atoms with van der Waals surface area (Å²) in [5, 5.41) is 5.74. The Morgan fingerprint density at radius 1 is 1.50 bits per heavy atom. The van der Waals surface area contributed by atoms with E-state index >= 15 is 0 Å². The Balaban J connectivity index is 2.42. The molecule has 0 unspecified atom stereocenters. The number of aromatic nitrogens is 2. The van der Waals surface area contributed by atoms with Gasteiger partial charge in [-0.15, -0.1) is 0 Å². The second-order valence-electron chi connectivity index (χ2n) is 4.93. The number of aromatic amines is 1. The molecule has 1 aromatic heterocycles. The fraction of sp³-hybridized carbons (Fsp3) is 0.636.